The SMILES string of the molecule is CC1CN(Cc2ccc(F)cc2)C[C@@H]1c1nn2c(C3CCOCC3)ncc2c(=O)[nH]1. The molecule has 0 spiro atoms. The summed E-state index contributed by atoms with van der Waals surface area (Å²) >= 11 is 0. The summed E-state index contributed by atoms with van der Waals surface area (Å²) < 4.78 is 20.4. The van der Waals surface area contributed by atoms with Gasteiger partial charge in [-0.15, -0.1) is 0 Å². The van der Waals surface area contributed by atoms with E-state index in [1.807, 2.05) is 12.1 Å². The molecule has 5 rings (SSSR count). The normalized spacial score (nSPS) is 23.4. The molecule has 2 aliphatic rings. The van der Waals surface area contributed by atoms with Gasteiger partial charge in [0.15, 0.2) is 5.52 Å². The van der Waals surface area contributed by atoms with Gasteiger partial charge in [0.25, 0.3) is 5.56 Å². The van der Waals surface area contributed by atoms with Gasteiger partial charge in [0.2, 0.25) is 0 Å². The molecule has 1 N–H and O–H groups in total. The van der Waals surface area contributed by atoms with E-state index >= 15 is 0 Å². The number of imidazole rings is 1. The van der Waals surface area contributed by atoms with Crippen molar-refractivity contribution < 1.29 is 9.13 Å². The van der Waals surface area contributed by atoms with Gasteiger partial charge in [-0.25, -0.2) is 13.9 Å². The third kappa shape index (κ3) is 3.65. The largest absolute Gasteiger partial charge is 0.381 e. The van der Waals surface area contributed by atoms with Crippen LogP contribution in [0.4, 0.5) is 4.39 Å². The van der Waals surface area contributed by atoms with Crippen molar-refractivity contribution in [3.05, 3.63) is 63.8 Å². The predicted molar refractivity (Wildman–Crippen MR) is 110 cm³/mol. The van der Waals surface area contributed by atoms with Crippen LogP contribution in [0.1, 0.15) is 48.8 Å². The van der Waals surface area contributed by atoms with E-state index in [1.54, 1.807) is 10.7 Å². The Hall–Kier alpha value is -2.58. The highest BCUT2D eigenvalue weighted by Gasteiger charge is 2.33. The highest BCUT2D eigenvalue weighted by molar-refractivity contribution is 5.42. The Balaban J connectivity index is 1.41. The van der Waals surface area contributed by atoms with Crippen molar-refractivity contribution in [2.45, 2.75) is 38.1 Å². The summed E-state index contributed by atoms with van der Waals surface area (Å²) in [4.78, 5) is 22.6. The molecule has 0 bridgehead atoms. The number of hydrogen-bond acceptors (Lipinski definition) is 5. The van der Waals surface area contributed by atoms with Crippen molar-refractivity contribution in [3.63, 3.8) is 0 Å². The van der Waals surface area contributed by atoms with E-state index in [0.29, 0.717) is 30.5 Å². The molecule has 1 unspecified atom stereocenters. The number of aromatic amines is 1. The lowest BCUT2D eigenvalue weighted by atomic mass is 9.97. The third-order valence-electron chi connectivity index (χ3n) is 6.39. The minimum Gasteiger partial charge on any atom is -0.381 e. The zero-order valence-electron chi connectivity index (χ0n) is 17.1. The van der Waals surface area contributed by atoms with Crippen molar-refractivity contribution in [3.8, 4) is 0 Å². The Morgan fingerprint density at radius 3 is 2.73 bits per heavy atom. The second-order valence-electron chi connectivity index (χ2n) is 8.54. The van der Waals surface area contributed by atoms with E-state index in [0.717, 1.165) is 43.9 Å². The zero-order valence-corrected chi connectivity index (χ0v) is 17.1. The third-order valence-corrected chi connectivity index (χ3v) is 6.39. The van der Waals surface area contributed by atoms with Crippen LogP contribution >= 0.6 is 0 Å². The Morgan fingerprint density at radius 1 is 1.20 bits per heavy atom. The molecule has 3 aromatic rings. The second-order valence-corrected chi connectivity index (χ2v) is 8.54. The number of aromatic nitrogens is 4. The quantitative estimate of drug-likeness (QED) is 0.715. The first-order chi connectivity index (χ1) is 14.6. The molecule has 2 atom stereocenters. The Morgan fingerprint density at radius 2 is 1.97 bits per heavy atom. The van der Waals surface area contributed by atoms with Crippen molar-refractivity contribution in [2.75, 3.05) is 26.3 Å². The van der Waals surface area contributed by atoms with E-state index < -0.39 is 0 Å². The molecule has 0 aliphatic carbocycles. The number of ether oxygens (including phenoxy) is 1. The summed E-state index contributed by atoms with van der Waals surface area (Å²) in [5.41, 5.74) is 1.43. The lowest BCUT2D eigenvalue weighted by Crippen LogP contribution is -2.24. The zero-order chi connectivity index (χ0) is 20.7. The fourth-order valence-corrected chi connectivity index (χ4v) is 4.73. The van der Waals surface area contributed by atoms with Crippen molar-refractivity contribution in [1.82, 2.24) is 24.5 Å². The number of likely N-dealkylation sites (tertiary alicyclic amines) is 1. The molecule has 0 amide bonds. The highest BCUT2D eigenvalue weighted by Crippen LogP contribution is 2.31. The Kier molecular flexibility index (Phi) is 5.12. The molecular weight excluding hydrogens is 385 g/mol. The summed E-state index contributed by atoms with van der Waals surface area (Å²) in [5, 5.41) is 4.84. The first-order valence-electron chi connectivity index (χ1n) is 10.6. The van der Waals surface area contributed by atoms with Gasteiger partial charge in [0.1, 0.15) is 17.5 Å². The fraction of sp³-hybridized carbons (Fsp3) is 0.500. The van der Waals surface area contributed by atoms with Crippen molar-refractivity contribution in [1.29, 1.82) is 0 Å². The number of nitrogens with zero attached hydrogens (tertiary/aromatic N) is 4. The number of halogens is 1. The minimum absolute atomic E-state index is 0.132. The molecule has 0 radical (unpaired) electrons. The van der Waals surface area contributed by atoms with E-state index in [-0.39, 0.29) is 23.2 Å². The lowest BCUT2D eigenvalue weighted by Gasteiger charge is -2.21. The summed E-state index contributed by atoms with van der Waals surface area (Å²) in [6.07, 6.45) is 3.42. The van der Waals surface area contributed by atoms with Crippen LogP contribution in [-0.2, 0) is 11.3 Å². The Labute approximate surface area is 173 Å². The maximum absolute atomic E-state index is 13.2. The average Bonchev–Trinajstić information content (AvgIpc) is 3.34. The molecule has 1 aromatic carbocycles. The summed E-state index contributed by atoms with van der Waals surface area (Å²) in [6.45, 7) is 6.08. The average molecular weight is 411 g/mol. The Bertz CT molecular complexity index is 1090. The molecule has 4 heterocycles. The summed E-state index contributed by atoms with van der Waals surface area (Å²) in [5.74, 6) is 2.09. The molecule has 158 valence electrons. The molecule has 30 heavy (non-hydrogen) atoms. The molecule has 7 nitrogen and oxygen atoms in total. The lowest BCUT2D eigenvalue weighted by molar-refractivity contribution is 0.0832. The predicted octanol–water partition coefficient (Wildman–Crippen LogP) is 2.69. The maximum Gasteiger partial charge on any atom is 0.276 e. The van der Waals surface area contributed by atoms with Crippen LogP contribution in [0.15, 0.2) is 35.3 Å². The number of rotatable bonds is 4. The van der Waals surface area contributed by atoms with Crippen LogP contribution in [0.2, 0.25) is 0 Å². The minimum atomic E-state index is -0.220. The van der Waals surface area contributed by atoms with Gasteiger partial charge >= 0.3 is 0 Å². The van der Waals surface area contributed by atoms with Gasteiger partial charge in [0.05, 0.1) is 6.20 Å². The van der Waals surface area contributed by atoms with Crippen molar-refractivity contribution in [2.24, 2.45) is 5.92 Å². The van der Waals surface area contributed by atoms with Crippen LogP contribution < -0.4 is 5.56 Å². The summed E-state index contributed by atoms with van der Waals surface area (Å²) in [7, 11) is 0. The van der Waals surface area contributed by atoms with Gasteiger partial charge in [0, 0.05) is 44.7 Å². The van der Waals surface area contributed by atoms with Crippen LogP contribution in [0, 0.1) is 11.7 Å². The van der Waals surface area contributed by atoms with Gasteiger partial charge < -0.3 is 9.72 Å². The number of benzene rings is 1. The topological polar surface area (TPSA) is 75.5 Å². The van der Waals surface area contributed by atoms with Gasteiger partial charge in [-0.3, -0.25) is 9.69 Å². The smallest absolute Gasteiger partial charge is 0.276 e. The summed E-state index contributed by atoms with van der Waals surface area (Å²) in [6, 6.07) is 6.64. The molecule has 0 saturated carbocycles. The molecule has 2 saturated heterocycles. The number of H-pyrrole nitrogens is 1. The maximum atomic E-state index is 13.2. The highest BCUT2D eigenvalue weighted by atomic mass is 19.1. The first-order valence-corrected chi connectivity index (χ1v) is 10.6. The number of hydrogen-bond donors (Lipinski definition) is 1. The molecule has 8 heteroatoms. The van der Waals surface area contributed by atoms with Crippen LogP contribution in [0.3, 0.4) is 0 Å². The molecule has 2 aromatic heterocycles. The van der Waals surface area contributed by atoms with Crippen LogP contribution in [0.25, 0.3) is 5.52 Å². The molecule has 2 aliphatic heterocycles. The monoisotopic (exact) mass is 411 g/mol. The van der Waals surface area contributed by atoms with Crippen molar-refractivity contribution >= 4 is 5.52 Å². The second kappa shape index (κ2) is 7.92. The van der Waals surface area contributed by atoms with Crippen LogP contribution in [0.5, 0.6) is 0 Å². The van der Waals surface area contributed by atoms with E-state index in [4.69, 9.17) is 9.84 Å². The van der Waals surface area contributed by atoms with Gasteiger partial charge in [-0.1, -0.05) is 19.1 Å². The molecule has 2 fully saturated rings. The standard InChI is InChI=1S/C22H26FN5O2/c1-14-11-27(12-15-2-4-17(23)5-3-15)13-18(14)20-25-22(29)19-10-24-21(28(19)26-20)16-6-8-30-9-7-16/h2-5,10,14,16,18H,6-9,11-13H2,1H3,(H,25,26,29)/t14?,18-/m0/s1. The fourth-order valence-electron chi connectivity index (χ4n) is 4.73. The van der Waals surface area contributed by atoms with E-state index in [1.165, 1.54) is 12.1 Å². The van der Waals surface area contributed by atoms with Gasteiger partial charge in [-0.05, 0) is 36.5 Å². The van der Waals surface area contributed by atoms with Gasteiger partial charge in [-0.2, -0.15) is 5.10 Å². The van der Waals surface area contributed by atoms with E-state index in [9.17, 15) is 9.18 Å². The number of fused-ring (bicyclic) bond motifs is 1. The first kappa shape index (κ1) is 19.4. The van der Waals surface area contributed by atoms with E-state index in [2.05, 4.69) is 21.8 Å². The van der Waals surface area contributed by atoms with Crippen LogP contribution in [-0.4, -0.2) is 50.8 Å². The molecular formula is C22H26FN5O2. The number of nitrogens with one attached hydrogen (secondary N) is 1.